The molecule has 2 N–H and O–H groups in total. The molecule has 1 aliphatic rings. The van der Waals surface area contributed by atoms with E-state index in [4.69, 9.17) is 10.5 Å². The first kappa shape index (κ1) is 11.4. The lowest BCUT2D eigenvalue weighted by molar-refractivity contribution is 0.296. The molecule has 0 spiro atoms. The fraction of sp³-hybridized carbons (Fsp3) is 0.615. The fourth-order valence-electron chi connectivity index (χ4n) is 2.08. The molecule has 1 heterocycles. The number of aromatic nitrogens is 1. The lowest BCUT2D eigenvalue weighted by Gasteiger charge is -2.21. The third kappa shape index (κ3) is 2.53. The van der Waals surface area contributed by atoms with Crippen molar-refractivity contribution >= 4 is 0 Å². The van der Waals surface area contributed by atoms with Crippen LogP contribution in [0.2, 0.25) is 0 Å². The van der Waals surface area contributed by atoms with E-state index in [1.807, 2.05) is 6.07 Å². The van der Waals surface area contributed by atoms with Crippen LogP contribution in [0.3, 0.4) is 0 Å². The van der Waals surface area contributed by atoms with Gasteiger partial charge in [-0.15, -0.1) is 0 Å². The van der Waals surface area contributed by atoms with Gasteiger partial charge in [0.05, 0.1) is 6.61 Å². The Balaban J connectivity index is 2.06. The van der Waals surface area contributed by atoms with Crippen molar-refractivity contribution in [1.82, 2.24) is 4.98 Å². The van der Waals surface area contributed by atoms with E-state index in [9.17, 15) is 0 Å². The van der Waals surface area contributed by atoms with Crippen LogP contribution in [0.25, 0.3) is 0 Å². The first-order valence-electron chi connectivity index (χ1n) is 6.19. The molecule has 1 aliphatic carbocycles. The molecule has 0 aliphatic heterocycles. The third-order valence-electron chi connectivity index (χ3n) is 3.06. The van der Waals surface area contributed by atoms with Gasteiger partial charge in [0.25, 0.3) is 0 Å². The Hall–Kier alpha value is -1.09. The van der Waals surface area contributed by atoms with E-state index in [1.54, 1.807) is 0 Å². The van der Waals surface area contributed by atoms with Crippen LogP contribution in [-0.4, -0.2) is 11.6 Å². The lowest BCUT2D eigenvalue weighted by atomic mass is 9.92. The number of rotatable bonds is 4. The summed E-state index contributed by atoms with van der Waals surface area (Å²) < 4.78 is 5.60. The first-order valence-corrected chi connectivity index (χ1v) is 6.19. The normalized spacial score (nSPS) is 19.2. The van der Waals surface area contributed by atoms with Gasteiger partial charge in [-0.05, 0) is 31.2 Å². The molecule has 88 valence electrons. The van der Waals surface area contributed by atoms with Gasteiger partial charge < -0.3 is 10.5 Å². The highest BCUT2D eigenvalue weighted by Gasteiger charge is 2.18. The molecule has 3 nitrogen and oxygen atoms in total. The second-order valence-electron chi connectivity index (χ2n) is 4.39. The van der Waals surface area contributed by atoms with Gasteiger partial charge in [-0.1, -0.05) is 19.4 Å². The zero-order valence-corrected chi connectivity index (χ0v) is 9.91. The lowest BCUT2D eigenvalue weighted by Crippen LogP contribution is -2.18. The number of ether oxygens (including phenoxy) is 1. The van der Waals surface area contributed by atoms with Gasteiger partial charge >= 0.3 is 0 Å². The summed E-state index contributed by atoms with van der Waals surface area (Å²) in [7, 11) is 0. The molecule has 0 bridgehead atoms. The van der Waals surface area contributed by atoms with Gasteiger partial charge in [-0.2, -0.15) is 0 Å². The van der Waals surface area contributed by atoms with Crippen molar-refractivity contribution in [3.8, 4) is 5.88 Å². The van der Waals surface area contributed by atoms with Crippen molar-refractivity contribution < 1.29 is 4.74 Å². The number of fused-ring (bicyclic) bond motifs is 1. The minimum atomic E-state index is 0.168. The first-order chi connectivity index (χ1) is 7.81. The topological polar surface area (TPSA) is 48.1 Å². The monoisotopic (exact) mass is 220 g/mol. The summed E-state index contributed by atoms with van der Waals surface area (Å²) in [6.45, 7) is 2.91. The Morgan fingerprint density at radius 1 is 1.50 bits per heavy atom. The predicted octanol–water partition coefficient (Wildman–Crippen LogP) is 2.60. The molecule has 1 aromatic rings. The van der Waals surface area contributed by atoms with Crippen molar-refractivity contribution in [2.45, 2.75) is 45.1 Å². The molecule has 0 unspecified atom stereocenters. The summed E-state index contributed by atoms with van der Waals surface area (Å²) in [6, 6.07) is 4.19. The average molecular weight is 220 g/mol. The molecule has 0 aromatic carbocycles. The Morgan fingerprint density at radius 3 is 3.19 bits per heavy atom. The van der Waals surface area contributed by atoms with E-state index >= 15 is 0 Å². The van der Waals surface area contributed by atoms with Crippen molar-refractivity contribution in [3.05, 3.63) is 23.4 Å². The van der Waals surface area contributed by atoms with Gasteiger partial charge in [0.15, 0.2) is 0 Å². The summed E-state index contributed by atoms with van der Waals surface area (Å²) in [4.78, 5) is 4.53. The maximum absolute atomic E-state index is 6.04. The van der Waals surface area contributed by atoms with Crippen molar-refractivity contribution in [2.24, 2.45) is 5.73 Å². The van der Waals surface area contributed by atoms with E-state index in [0.29, 0.717) is 0 Å². The fourth-order valence-corrected chi connectivity index (χ4v) is 2.08. The zero-order valence-electron chi connectivity index (χ0n) is 9.91. The number of nitrogens with zero attached hydrogens (tertiary/aromatic N) is 1. The van der Waals surface area contributed by atoms with E-state index in [-0.39, 0.29) is 6.04 Å². The van der Waals surface area contributed by atoms with E-state index < -0.39 is 0 Å². The van der Waals surface area contributed by atoms with Gasteiger partial charge in [-0.3, -0.25) is 0 Å². The number of hydrogen-bond donors (Lipinski definition) is 1. The third-order valence-corrected chi connectivity index (χ3v) is 3.06. The van der Waals surface area contributed by atoms with Gasteiger partial charge in [0.2, 0.25) is 5.88 Å². The quantitative estimate of drug-likeness (QED) is 0.793. The maximum atomic E-state index is 6.04. The molecular formula is C13H20N2O. The van der Waals surface area contributed by atoms with Gasteiger partial charge in [0.1, 0.15) is 0 Å². The van der Waals surface area contributed by atoms with Crippen LogP contribution in [0.1, 0.15) is 49.9 Å². The van der Waals surface area contributed by atoms with Crippen LogP contribution >= 0.6 is 0 Å². The molecule has 0 saturated carbocycles. The number of pyridine rings is 1. The Labute approximate surface area is 97.0 Å². The Bertz CT molecular complexity index is 352. The molecule has 3 heteroatoms. The van der Waals surface area contributed by atoms with Gasteiger partial charge in [0, 0.05) is 17.8 Å². The average Bonchev–Trinajstić information content (AvgIpc) is 2.30. The van der Waals surface area contributed by atoms with Crippen LogP contribution < -0.4 is 10.5 Å². The minimum Gasteiger partial charge on any atom is -0.478 e. The summed E-state index contributed by atoms with van der Waals surface area (Å²) in [5.41, 5.74) is 8.37. The SMILES string of the molecule is CCCCOc1ccc2c(n1)CCC[C@@H]2N. The Morgan fingerprint density at radius 2 is 2.38 bits per heavy atom. The minimum absolute atomic E-state index is 0.168. The maximum Gasteiger partial charge on any atom is 0.213 e. The van der Waals surface area contributed by atoms with Crippen molar-refractivity contribution in [3.63, 3.8) is 0 Å². The molecule has 0 radical (unpaired) electrons. The number of hydrogen-bond acceptors (Lipinski definition) is 3. The van der Waals surface area contributed by atoms with Crippen LogP contribution in [0.15, 0.2) is 12.1 Å². The molecule has 1 atom stereocenters. The highest BCUT2D eigenvalue weighted by atomic mass is 16.5. The van der Waals surface area contributed by atoms with Crippen molar-refractivity contribution in [1.29, 1.82) is 0 Å². The predicted molar refractivity (Wildman–Crippen MR) is 64.5 cm³/mol. The highest BCUT2D eigenvalue weighted by molar-refractivity contribution is 5.30. The van der Waals surface area contributed by atoms with E-state index in [2.05, 4.69) is 18.0 Å². The molecular weight excluding hydrogens is 200 g/mol. The second kappa shape index (κ2) is 5.30. The van der Waals surface area contributed by atoms with Crippen LogP contribution in [-0.2, 0) is 6.42 Å². The van der Waals surface area contributed by atoms with Crippen LogP contribution in [0.4, 0.5) is 0 Å². The smallest absolute Gasteiger partial charge is 0.213 e. The molecule has 0 amide bonds. The van der Waals surface area contributed by atoms with Crippen LogP contribution in [0.5, 0.6) is 5.88 Å². The van der Waals surface area contributed by atoms with Gasteiger partial charge in [-0.25, -0.2) is 4.98 Å². The summed E-state index contributed by atoms with van der Waals surface area (Å²) >= 11 is 0. The molecule has 16 heavy (non-hydrogen) atoms. The number of unbranched alkanes of at least 4 members (excludes halogenated alkanes) is 1. The summed E-state index contributed by atoms with van der Waals surface area (Å²) in [6.07, 6.45) is 5.48. The zero-order chi connectivity index (χ0) is 11.4. The molecule has 0 fully saturated rings. The standard InChI is InChI=1S/C13H20N2O/c1-2-3-9-16-13-8-7-10-11(14)5-4-6-12(10)15-13/h7-8,11H,2-6,9,14H2,1H3/t11-/m0/s1. The summed E-state index contributed by atoms with van der Waals surface area (Å²) in [5.74, 6) is 0.751. The number of aryl methyl sites for hydroxylation is 1. The van der Waals surface area contributed by atoms with E-state index in [1.165, 1.54) is 5.56 Å². The van der Waals surface area contributed by atoms with Crippen molar-refractivity contribution in [2.75, 3.05) is 6.61 Å². The second-order valence-corrected chi connectivity index (χ2v) is 4.39. The molecule has 0 saturated heterocycles. The van der Waals surface area contributed by atoms with Crippen LogP contribution in [0, 0.1) is 0 Å². The van der Waals surface area contributed by atoms with E-state index in [0.717, 1.165) is 50.3 Å². The largest absolute Gasteiger partial charge is 0.478 e. The highest BCUT2D eigenvalue weighted by Crippen LogP contribution is 2.28. The number of nitrogens with two attached hydrogens (primary N) is 1. The molecule has 2 rings (SSSR count). The Kier molecular flexibility index (Phi) is 3.78. The molecule has 1 aromatic heterocycles. The summed E-state index contributed by atoms with van der Waals surface area (Å²) in [5, 5.41) is 0.